The van der Waals surface area contributed by atoms with E-state index < -0.39 is 0 Å². The van der Waals surface area contributed by atoms with E-state index in [0.29, 0.717) is 5.56 Å². The fourth-order valence-corrected chi connectivity index (χ4v) is 2.93. The van der Waals surface area contributed by atoms with Gasteiger partial charge in [-0.05, 0) is 37.8 Å². The molecule has 0 bridgehead atoms. The molecule has 2 N–H and O–H groups in total. The monoisotopic (exact) mass is 317 g/mol. The van der Waals surface area contributed by atoms with E-state index in [1.165, 1.54) is 12.1 Å². The highest BCUT2D eigenvalue weighted by Crippen LogP contribution is 2.33. The van der Waals surface area contributed by atoms with E-state index in [1.54, 1.807) is 0 Å². The van der Waals surface area contributed by atoms with Crippen molar-refractivity contribution in [2.75, 3.05) is 0 Å². The molecule has 0 aliphatic heterocycles. The number of benzene rings is 1. The quantitative estimate of drug-likeness (QED) is 0.852. The molecule has 5 heteroatoms. The number of phenols is 1. The van der Waals surface area contributed by atoms with Crippen LogP contribution in [0.15, 0.2) is 12.1 Å². The summed E-state index contributed by atoms with van der Waals surface area (Å²) in [4.78, 5) is 12.3. The zero-order valence-electron chi connectivity index (χ0n) is 12.5. The van der Waals surface area contributed by atoms with Gasteiger partial charge < -0.3 is 10.4 Å². The first-order chi connectivity index (χ1) is 8.91. The highest BCUT2D eigenvalue weighted by Gasteiger charge is 2.27. The molecule has 0 aliphatic rings. The Kier molecular flexibility index (Phi) is 4.99. The molecule has 1 rings (SSSR count). The molecular formula is C15H21Cl2NO2. The van der Waals surface area contributed by atoms with E-state index in [9.17, 15) is 9.90 Å². The molecule has 0 spiro atoms. The van der Waals surface area contributed by atoms with Crippen LogP contribution < -0.4 is 5.32 Å². The predicted octanol–water partition coefficient (Wildman–Crippen LogP) is 4.64. The lowest BCUT2D eigenvalue weighted by molar-refractivity contribution is 0.0891. The second-order valence-corrected chi connectivity index (χ2v) is 7.68. The lowest BCUT2D eigenvalue weighted by Crippen LogP contribution is -2.45. The molecule has 0 saturated heterocycles. The van der Waals surface area contributed by atoms with Gasteiger partial charge in [-0.2, -0.15) is 0 Å². The molecule has 0 saturated carbocycles. The molecule has 1 aromatic carbocycles. The van der Waals surface area contributed by atoms with E-state index in [4.69, 9.17) is 23.2 Å². The van der Waals surface area contributed by atoms with E-state index in [1.807, 2.05) is 13.8 Å². The van der Waals surface area contributed by atoms with Crippen LogP contribution in [0.5, 0.6) is 5.75 Å². The Bertz CT molecular complexity index is 496. The van der Waals surface area contributed by atoms with Crippen molar-refractivity contribution in [3.8, 4) is 5.75 Å². The molecule has 1 aromatic rings. The van der Waals surface area contributed by atoms with Gasteiger partial charge >= 0.3 is 0 Å². The van der Waals surface area contributed by atoms with Crippen molar-refractivity contribution in [3.05, 3.63) is 27.7 Å². The number of hydrogen-bond donors (Lipinski definition) is 2. The van der Waals surface area contributed by atoms with Crippen LogP contribution in [0.3, 0.4) is 0 Å². The molecule has 112 valence electrons. The van der Waals surface area contributed by atoms with Crippen LogP contribution in [0.2, 0.25) is 10.0 Å². The van der Waals surface area contributed by atoms with E-state index in [2.05, 4.69) is 26.1 Å². The van der Waals surface area contributed by atoms with Crippen molar-refractivity contribution in [1.82, 2.24) is 5.32 Å². The van der Waals surface area contributed by atoms with Gasteiger partial charge in [-0.25, -0.2) is 0 Å². The third-order valence-electron chi connectivity index (χ3n) is 2.70. The maximum atomic E-state index is 12.3. The minimum Gasteiger partial charge on any atom is -0.505 e. The van der Waals surface area contributed by atoms with E-state index in [0.717, 1.165) is 6.42 Å². The summed E-state index contributed by atoms with van der Waals surface area (Å²) in [6.07, 6.45) is 0.825. The zero-order valence-corrected chi connectivity index (χ0v) is 14.0. The van der Waals surface area contributed by atoms with Crippen LogP contribution in [-0.4, -0.2) is 16.6 Å². The summed E-state index contributed by atoms with van der Waals surface area (Å²) in [5, 5.41) is 12.6. The van der Waals surface area contributed by atoms with Crippen molar-refractivity contribution in [2.45, 2.75) is 46.6 Å². The van der Waals surface area contributed by atoms with Gasteiger partial charge in [0.25, 0.3) is 5.91 Å². The fraction of sp³-hybridized carbons (Fsp3) is 0.533. The third-order valence-corrected chi connectivity index (χ3v) is 3.28. The number of rotatable bonds is 3. The van der Waals surface area contributed by atoms with Crippen LogP contribution in [0.4, 0.5) is 0 Å². The second-order valence-electron chi connectivity index (χ2n) is 6.86. The van der Waals surface area contributed by atoms with Crippen LogP contribution >= 0.6 is 23.2 Å². The minimum absolute atomic E-state index is 0.0660. The first-order valence-electron chi connectivity index (χ1n) is 6.42. The molecule has 0 aromatic heterocycles. The number of carbonyl (C=O) groups is 1. The van der Waals surface area contributed by atoms with Gasteiger partial charge in [0.1, 0.15) is 0 Å². The highest BCUT2D eigenvalue weighted by atomic mass is 35.5. The molecule has 0 fully saturated rings. The van der Waals surface area contributed by atoms with E-state index >= 15 is 0 Å². The van der Waals surface area contributed by atoms with Crippen molar-refractivity contribution >= 4 is 29.1 Å². The summed E-state index contributed by atoms with van der Waals surface area (Å²) in [6, 6.07) is 2.82. The van der Waals surface area contributed by atoms with Crippen LogP contribution in [-0.2, 0) is 0 Å². The average Bonchev–Trinajstić information content (AvgIpc) is 2.20. The third kappa shape index (κ3) is 4.88. The normalized spacial score (nSPS) is 12.3. The summed E-state index contributed by atoms with van der Waals surface area (Å²) in [5.74, 6) is -0.470. The Morgan fingerprint density at radius 2 is 1.60 bits per heavy atom. The number of halogens is 2. The lowest BCUT2D eigenvalue weighted by atomic mass is 9.81. The molecular weight excluding hydrogens is 297 g/mol. The van der Waals surface area contributed by atoms with Gasteiger partial charge in [0.2, 0.25) is 0 Å². The number of carbonyl (C=O) groups excluding carboxylic acids is 1. The molecule has 0 aliphatic carbocycles. The number of nitrogens with one attached hydrogen (secondary N) is 1. The summed E-state index contributed by atoms with van der Waals surface area (Å²) in [7, 11) is 0. The molecule has 20 heavy (non-hydrogen) atoms. The van der Waals surface area contributed by atoms with Gasteiger partial charge in [0.15, 0.2) is 5.75 Å². The van der Waals surface area contributed by atoms with Gasteiger partial charge in [-0.15, -0.1) is 0 Å². The van der Waals surface area contributed by atoms with Crippen molar-refractivity contribution in [3.63, 3.8) is 0 Å². The molecule has 0 radical (unpaired) electrons. The Morgan fingerprint density at radius 3 is 2.00 bits per heavy atom. The van der Waals surface area contributed by atoms with Crippen molar-refractivity contribution < 1.29 is 9.90 Å². The first-order valence-corrected chi connectivity index (χ1v) is 7.17. The summed E-state index contributed by atoms with van der Waals surface area (Å²) >= 11 is 11.7. The van der Waals surface area contributed by atoms with Gasteiger partial charge in [0.05, 0.1) is 10.0 Å². The summed E-state index contributed by atoms with van der Waals surface area (Å²) in [5.41, 5.74) is 0.0764. The fourth-order valence-electron chi connectivity index (χ4n) is 2.45. The van der Waals surface area contributed by atoms with Crippen LogP contribution in [0.1, 0.15) is 51.4 Å². The molecule has 0 heterocycles. The SMILES string of the molecule is CC(C)(C)CC(C)(C)NC(=O)c1cc(Cl)c(O)c(Cl)c1. The Morgan fingerprint density at radius 1 is 1.15 bits per heavy atom. The lowest BCUT2D eigenvalue weighted by Gasteiger charge is -2.33. The molecule has 1 amide bonds. The van der Waals surface area contributed by atoms with Gasteiger partial charge in [0, 0.05) is 11.1 Å². The minimum atomic E-state index is -0.355. The number of amides is 1. The Balaban J connectivity index is 2.92. The van der Waals surface area contributed by atoms with Gasteiger partial charge in [-0.1, -0.05) is 44.0 Å². The van der Waals surface area contributed by atoms with Crippen LogP contribution in [0.25, 0.3) is 0 Å². The van der Waals surface area contributed by atoms with Gasteiger partial charge in [-0.3, -0.25) is 4.79 Å². The predicted molar refractivity (Wildman–Crippen MR) is 83.7 cm³/mol. The Hall–Kier alpha value is -0.930. The maximum absolute atomic E-state index is 12.3. The van der Waals surface area contributed by atoms with Crippen molar-refractivity contribution in [1.29, 1.82) is 0 Å². The number of hydrogen-bond acceptors (Lipinski definition) is 2. The topological polar surface area (TPSA) is 49.3 Å². The van der Waals surface area contributed by atoms with E-state index in [-0.39, 0.29) is 32.7 Å². The molecule has 0 atom stereocenters. The molecule has 0 unspecified atom stereocenters. The average molecular weight is 318 g/mol. The first kappa shape index (κ1) is 17.1. The number of phenolic OH excluding ortho intramolecular Hbond substituents is 1. The Labute approximate surface area is 130 Å². The highest BCUT2D eigenvalue weighted by molar-refractivity contribution is 6.37. The van der Waals surface area contributed by atoms with Crippen LogP contribution in [0, 0.1) is 5.41 Å². The molecule has 3 nitrogen and oxygen atoms in total. The number of aromatic hydroxyl groups is 1. The summed E-state index contributed by atoms with van der Waals surface area (Å²) < 4.78 is 0. The summed E-state index contributed by atoms with van der Waals surface area (Å²) in [6.45, 7) is 10.3. The van der Waals surface area contributed by atoms with Crippen molar-refractivity contribution in [2.24, 2.45) is 5.41 Å². The standard InChI is InChI=1S/C15H21Cl2NO2/c1-14(2,3)8-15(4,5)18-13(20)9-6-10(16)12(19)11(17)7-9/h6-7,19H,8H2,1-5H3,(H,18,20). The zero-order chi connectivity index (χ0) is 15.7. The largest absolute Gasteiger partial charge is 0.505 e. The smallest absolute Gasteiger partial charge is 0.251 e. The second kappa shape index (κ2) is 5.82. The maximum Gasteiger partial charge on any atom is 0.251 e.